The maximum atomic E-state index is 4.17. The Morgan fingerprint density at radius 3 is 3.17 bits per heavy atom. The molecule has 0 aromatic carbocycles. The highest BCUT2D eigenvalue weighted by molar-refractivity contribution is 7.11. The third-order valence-electron chi connectivity index (χ3n) is 1.49. The smallest absolute Gasteiger partial charge is 0.0897 e. The van der Waals surface area contributed by atoms with Gasteiger partial charge in [0.05, 0.1) is 5.01 Å². The molecule has 2 nitrogen and oxygen atoms in total. The van der Waals surface area contributed by atoms with Gasteiger partial charge in [-0.15, -0.1) is 17.9 Å². The highest BCUT2D eigenvalue weighted by Crippen LogP contribution is 2.10. The highest BCUT2D eigenvalue weighted by atomic mass is 32.1. The Bertz CT molecular complexity index is 242. The van der Waals surface area contributed by atoms with Crippen LogP contribution >= 0.6 is 11.3 Å². The lowest BCUT2D eigenvalue weighted by molar-refractivity contribution is 0.702. The van der Waals surface area contributed by atoms with Crippen molar-refractivity contribution in [2.24, 2.45) is 0 Å². The highest BCUT2D eigenvalue weighted by Gasteiger charge is 1.95. The monoisotopic (exact) mass is 182 g/mol. The molecule has 0 aliphatic rings. The molecule has 0 radical (unpaired) electrons. The maximum absolute atomic E-state index is 4.17. The Morgan fingerprint density at radius 1 is 1.75 bits per heavy atom. The van der Waals surface area contributed by atoms with Crippen LogP contribution in [-0.4, -0.2) is 11.5 Å². The number of rotatable bonds is 5. The molecule has 12 heavy (non-hydrogen) atoms. The van der Waals surface area contributed by atoms with E-state index in [4.69, 9.17) is 0 Å². The molecule has 0 bridgehead atoms. The van der Waals surface area contributed by atoms with E-state index in [1.165, 1.54) is 4.88 Å². The summed E-state index contributed by atoms with van der Waals surface area (Å²) in [5, 5.41) is 4.45. The van der Waals surface area contributed by atoms with Crippen molar-refractivity contribution >= 4 is 11.3 Å². The molecule has 0 atom stereocenters. The zero-order valence-corrected chi connectivity index (χ0v) is 8.16. The lowest BCUT2D eigenvalue weighted by Crippen LogP contribution is -2.12. The summed E-state index contributed by atoms with van der Waals surface area (Å²) in [5.41, 5.74) is 0. The van der Waals surface area contributed by atoms with E-state index >= 15 is 0 Å². The average Bonchev–Trinajstić information content (AvgIpc) is 2.45. The second kappa shape index (κ2) is 5.06. The number of hydrogen-bond acceptors (Lipinski definition) is 3. The Balaban J connectivity index is 2.19. The van der Waals surface area contributed by atoms with Gasteiger partial charge in [-0.05, 0) is 19.9 Å². The van der Waals surface area contributed by atoms with Crippen LogP contribution in [0.3, 0.4) is 0 Å². The van der Waals surface area contributed by atoms with E-state index in [1.54, 1.807) is 11.3 Å². The molecule has 0 aliphatic heterocycles. The standard InChI is InChI=1S/C9H14N2S/c1-3-4-5-10-6-9-7-11-8(2)12-9/h3,7,10H,1,4-6H2,2H3. The molecule has 0 amide bonds. The molecular formula is C9H14N2S. The van der Waals surface area contributed by atoms with Gasteiger partial charge in [0.2, 0.25) is 0 Å². The lowest BCUT2D eigenvalue weighted by Gasteiger charge is -1.97. The average molecular weight is 182 g/mol. The molecule has 0 unspecified atom stereocenters. The Morgan fingerprint density at radius 2 is 2.58 bits per heavy atom. The van der Waals surface area contributed by atoms with Crippen molar-refractivity contribution in [1.82, 2.24) is 10.3 Å². The number of nitrogens with zero attached hydrogens (tertiary/aromatic N) is 1. The molecule has 0 fully saturated rings. The number of hydrogen-bond donors (Lipinski definition) is 1. The topological polar surface area (TPSA) is 24.9 Å². The van der Waals surface area contributed by atoms with E-state index in [-0.39, 0.29) is 0 Å². The SMILES string of the molecule is C=CCCNCc1cnc(C)s1. The molecule has 0 saturated carbocycles. The van der Waals surface area contributed by atoms with Gasteiger partial charge in [0.15, 0.2) is 0 Å². The van der Waals surface area contributed by atoms with Crippen LogP contribution in [0, 0.1) is 6.92 Å². The van der Waals surface area contributed by atoms with Crippen molar-refractivity contribution in [1.29, 1.82) is 0 Å². The molecule has 0 spiro atoms. The van der Waals surface area contributed by atoms with Crippen molar-refractivity contribution < 1.29 is 0 Å². The summed E-state index contributed by atoms with van der Waals surface area (Å²) in [4.78, 5) is 5.48. The summed E-state index contributed by atoms with van der Waals surface area (Å²) in [6.45, 7) is 7.62. The summed E-state index contributed by atoms with van der Waals surface area (Å²) in [6, 6.07) is 0. The quantitative estimate of drug-likeness (QED) is 0.557. The van der Waals surface area contributed by atoms with Crippen molar-refractivity contribution in [3.05, 3.63) is 28.7 Å². The van der Waals surface area contributed by atoms with Crippen molar-refractivity contribution in [3.63, 3.8) is 0 Å². The zero-order chi connectivity index (χ0) is 8.81. The van der Waals surface area contributed by atoms with Crippen molar-refractivity contribution in [2.45, 2.75) is 19.9 Å². The summed E-state index contributed by atoms with van der Waals surface area (Å²) >= 11 is 1.75. The van der Waals surface area contributed by atoms with Crippen LogP contribution in [0.5, 0.6) is 0 Å². The first-order valence-electron chi connectivity index (χ1n) is 4.06. The number of nitrogens with one attached hydrogen (secondary N) is 1. The largest absolute Gasteiger partial charge is 0.311 e. The Kier molecular flexibility index (Phi) is 3.97. The van der Waals surface area contributed by atoms with Gasteiger partial charge in [0.1, 0.15) is 0 Å². The van der Waals surface area contributed by atoms with Gasteiger partial charge < -0.3 is 5.32 Å². The van der Waals surface area contributed by atoms with Gasteiger partial charge in [-0.25, -0.2) is 4.98 Å². The van der Waals surface area contributed by atoms with E-state index < -0.39 is 0 Å². The molecule has 66 valence electrons. The minimum atomic E-state index is 0.930. The van der Waals surface area contributed by atoms with E-state index in [0.29, 0.717) is 0 Å². The van der Waals surface area contributed by atoms with Gasteiger partial charge in [0, 0.05) is 17.6 Å². The molecule has 3 heteroatoms. The molecule has 1 N–H and O–H groups in total. The summed E-state index contributed by atoms with van der Waals surface area (Å²) in [5.74, 6) is 0. The molecule has 1 aromatic rings. The maximum Gasteiger partial charge on any atom is 0.0897 e. The number of thiazole rings is 1. The minimum Gasteiger partial charge on any atom is -0.311 e. The minimum absolute atomic E-state index is 0.930. The third kappa shape index (κ3) is 3.15. The van der Waals surface area contributed by atoms with Crippen LogP contribution in [0.15, 0.2) is 18.9 Å². The summed E-state index contributed by atoms with van der Waals surface area (Å²) in [7, 11) is 0. The molecule has 0 saturated heterocycles. The predicted octanol–water partition coefficient (Wildman–Crippen LogP) is 2.12. The summed E-state index contributed by atoms with van der Waals surface area (Å²) < 4.78 is 0. The summed E-state index contributed by atoms with van der Waals surface area (Å²) in [6.07, 6.45) is 4.88. The van der Waals surface area contributed by atoms with Gasteiger partial charge in [0.25, 0.3) is 0 Å². The second-order valence-electron chi connectivity index (χ2n) is 2.60. The fourth-order valence-electron chi connectivity index (χ4n) is 0.903. The van der Waals surface area contributed by atoms with E-state index in [9.17, 15) is 0 Å². The second-order valence-corrected chi connectivity index (χ2v) is 3.92. The van der Waals surface area contributed by atoms with Crippen molar-refractivity contribution in [3.8, 4) is 0 Å². The molecule has 1 heterocycles. The van der Waals surface area contributed by atoms with Gasteiger partial charge >= 0.3 is 0 Å². The number of aromatic nitrogens is 1. The normalized spacial score (nSPS) is 10.1. The fraction of sp³-hybridized carbons (Fsp3) is 0.444. The van der Waals surface area contributed by atoms with Gasteiger partial charge in [-0.3, -0.25) is 0 Å². The molecule has 1 aromatic heterocycles. The first-order valence-corrected chi connectivity index (χ1v) is 4.87. The van der Waals surface area contributed by atoms with Gasteiger partial charge in [-0.2, -0.15) is 0 Å². The lowest BCUT2D eigenvalue weighted by atomic mass is 10.4. The van der Waals surface area contributed by atoms with Crippen LogP contribution in [0.4, 0.5) is 0 Å². The Hall–Kier alpha value is -0.670. The first kappa shape index (κ1) is 9.42. The van der Waals surface area contributed by atoms with E-state index in [2.05, 4.69) is 16.9 Å². The zero-order valence-electron chi connectivity index (χ0n) is 7.34. The van der Waals surface area contributed by atoms with Crippen LogP contribution in [0.1, 0.15) is 16.3 Å². The first-order chi connectivity index (χ1) is 5.83. The Labute approximate surface area is 77.3 Å². The van der Waals surface area contributed by atoms with Crippen LogP contribution in [0.25, 0.3) is 0 Å². The van der Waals surface area contributed by atoms with E-state index in [0.717, 1.165) is 24.5 Å². The molecular weight excluding hydrogens is 168 g/mol. The molecule has 0 aliphatic carbocycles. The fourth-order valence-corrected chi connectivity index (χ4v) is 1.67. The number of aryl methyl sites for hydroxylation is 1. The third-order valence-corrected chi connectivity index (χ3v) is 2.41. The van der Waals surface area contributed by atoms with Crippen molar-refractivity contribution in [2.75, 3.05) is 6.54 Å². The van der Waals surface area contributed by atoms with Crippen LogP contribution in [0.2, 0.25) is 0 Å². The molecule has 1 rings (SSSR count). The predicted molar refractivity (Wildman–Crippen MR) is 53.4 cm³/mol. The van der Waals surface area contributed by atoms with Crippen LogP contribution in [-0.2, 0) is 6.54 Å². The van der Waals surface area contributed by atoms with Crippen LogP contribution < -0.4 is 5.32 Å². The van der Waals surface area contributed by atoms with Gasteiger partial charge in [-0.1, -0.05) is 6.08 Å². The van der Waals surface area contributed by atoms with E-state index in [1.807, 2.05) is 19.2 Å².